The zero-order valence-corrected chi connectivity index (χ0v) is 12.1. The van der Waals surface area contributed by atoms with Gasteiger partial charge in [0.15, 0.2) is 0 Å². The summed E-state index contributed by atoms with van der Waals surface area (Å²) >= 11 is 1.70. The third-order valence-corrected chi connectivity index (χ3v) is 4.97. The van der Waals surface area contributed by atoms with Gasteiger partial charge in [0.25, 0.3) is 0 Å². The van der Waals surface area contributed by atoms with Crippen molar-refractivity contribution < 1.29 is 8.42 Å². The molecule has 3 nitrogen and oxygen atoms in total. The molecule has 1 aromatic heterocycles. The predicted octanol–water partition coefficient (Wildman–Crippen LogP) is 2.60. The summed E-state index contributed by atoms with van der Waals surface area (Å²) in [7, 11) is -1.04. The monoisotopic (exact) mass is 283 g/mol. The van der Waals surface area contributed by atoms with E-state index in [-0.39, 0.29) is 11.8 Å². The lowest BCUT2D eigenvalue weighted by Crippen LogP contribution is -2.19. The van der Waals surface area contributed by atoms with Crippen molar-refractivity contribution in [2.24, 2.45) is 0 Å². The van der Waals surface area contributed by atoms with E-state index >= 15 is 0 Å². The van der Waals surface area contributed by atoms with Crippen LogP contribution in [0.25, 0.3) is 10.1 Å². The van der Waals surface area contributed by atoms with Crippen LogP contribution >= 0.6 is 11.3 Å². The Balaban J connectivity index is 2.27. The van der Waals surface area contributed by atoms with Gasteiger partial charge in [0.1, 0.15) is 9.84 Å². The molecule has 2 rings (SSSR count). The molecule has 1 N–H and O–H groups in total. The van der Waals surface area contributed by atoms with E-state index < -0.39 is 9.84 Å². The first-order valence-corrected chi connectivity index (χ1v) is 8.76. The number of hydrogen-bond donors (Lipinski definition) is 1. The topological polar surface area (TPSA) is 46.2 Å². The predicted molar refractivity (Wildman–Crippen MR) is 78.0 cm³/mol. The molecule has 0 spiro atoms. The highest BCUT2D eigenvalue weighted by atomic mass is 32.2. The number of nitrogens with one attached hydrogen (secondary N) is 1. The molecule has 0 saturated heterocycles. The maximum atomic E-state index is 11.3. The van der Waals surface area contributed by atoms with Crippen LogP contribution in [-0.2, 0) is 9.84 Å². The van der Waals surface area contributed by atoms with Crippen molar-refractivity contribution in [2.45, 2.75) is 12.5 Å². The molecule has 0 aliphatic heterocycles. The molecule has 0 aliphatic rings. The van der Waals surface area contributed by atoms with E-state index in [1.165, 1.54) is 21.9 Å². The largest absolute Gasteiger partial charge is 0.313 e. The van der Waals surface area contributed by atoms with Crippen molar-refractivity contribution in [1.29, 1.82) is 0 Å². The number of thiophene rings is 1. The van der Waals surface area contributed by atoms with E-state index in [4.69, 9.17) is 0 Å². The van der Waals surface area contributed by atoms with Gasteiger partial charge in [-0.05, 0) is 35.9 Å². The molecular formula is C13H17NO2S2. The Morgan fingerprint density at radius 3 is 2.72 bits per heavy atom. The summed E-state index contributed by atoms with van der Waals surface area (Å²) in [6.45, 7) is 0. The Hall–Kier alpha value is -0.910. The number of rotatable bonds is 5. The van der Waals surface area contributed by atoms with Gasteiger partial charge in [-0.3, -0.25) is 0 Å². The maximum Gasteiger partial charge on any atom is 0.147 e. The zero-order chi connectivity index (χ0) is 13.2. The van der Waals surface area contributed by atoms with Crippen LogP contribution in [0.2, 0.25) is 0 Å². The fraction of sp³-hybridized carbons (Fsp3) is 0.385. The van der Waals surface area contributed by atoms with Crippen LogP contribution < -0.4 is 5.32 Å². The Bertz CT molecular complexity index is 631. The molecule has 0 amide bonds. The lowest BCUT2D eigenvalue weighted by Gasteiger charge is -2.15. The molecule has 1 atom stereocenters. The van der Waals surface area contributed by atoms with Crippen LogP contribution in [0, 0.1) is 0 Å². The molecular weight excluding hydrogens is 266 g/mol. The summed E-state index contributed by atoms with van der Waals surface area (Å²) in [5.41, 5.74) is 1.20. The third kappa shape index (κ3) is 3.10. The summed E-state index contributed by atoms with van der Waals surface area (Å²) < 4.78 is 23.8. The van der Waals surface area contributed by atoms with E-state index in [2.05, 4.69) is 22.8 Å². The molecule has 1 aromatic carbocycles. The average Bonchev–Trinajstić information content (AvgIpc) is 2.73. The van der Waals surface area contributed by atoms with Crippen LogP contribution in [0.1, 0.15) is 18.0 Å². The van der Waals surface area contributed by atoms with Crippen molar-refractivity contribution in [2.75, 3.05) is 19.1 Å². The van der Waals surface area contributed by atoms with Gasteiger partial charge in [0, 0.05) is 17.0 Å². The first-order chi connectivity index (χ1) is 8.51. The van der Waals surface area contributed by atoms with E-state index in [1.54, 1.807) is 11.3 Å². The second-order valence-electron chi connectivity index (χ2n) is 4.45. The minimum atomic E-state index is -2.91. The average molecular weight is 283 g/mol. The van der Waals surface area contributed by atoms with Gasteiger partial charge in [0.05, 0.1) is 5.75 Å². The SMILES string of the molecule is CNC(CCS(C)(=O)=O)c1csc2ccccc12. The molecule has 0 aliphatic carbocycles. The van der Waals surface area contributed by atoms with Crippen LogP contribution in [0.3, 0.4) is 0 Å². The maximum absolute atomic E-state index is 11.3. The number of hydrogen-bond acceptors (Lipinski definition) is 4. The number of sulfone groups is 1. The van der Waals surface area contributed by atoms with Gasteiger partial charge in [-0.1, -0.05) is 18.2 Å². The van der Waals surface area contributed by atoms with Crippen molar-refractivity contribution >= 4 is 31.3 Å². The highest BCUT2D eigenvalue weighted by Crippen LogP contribution is 2.31. The van der Waals surface area contributed by atoms with E-state index in [1.807, 2.05) is 19.2 Å². The van der Waals surface area contributed by atoms with E-state index in [0.717, 1.165) is 0 Å². The van der Waals surface area contributed by atoms with Crippen molar-refractivity contribution in [1.82, 2.24) is 5.32 Å². The fourth-order valence-electron chi connectivity index (χ4n) is 2.06. The highest BCUT2D eigenvalue weighted by Gasteiger charge is 2.16. The van der Waals surface area contributed by atoms with Crippen LogP contribution in [0.4, 0.5) is 0 Å². The van der Waals surface area contributed by atoms with Gasteiger partial charge < -0.3 is 5.32 Å². The quantitative estimate of drug-likeness (QED) is 0.917. The third-order valence-electron chi connectivity index (χ3n) is 3.01. The van der Waals surface area contributed by atoms with Crippen LogP contribution in [0.5, 0.6) is 0 Å². The second kappa shape index (κ2) is 5.38. The first kappa shape index (κ1) is 13.5. The summed E-state index contributed by atoms with van der Waals surface area (Å²) in [4.78, 5) is 0. The van der Waals surface area contributed by atoms with Gasteiger partial charge in [0.2, 0.25) is 0 Å². The molecule has 0 saturated carbocycles. The molecule has 1 unspecified atom stereocenters. The Morgan fingerprint density at radius 1 is 1.33 bits per heavy atom. The van der Waals surface area contributed by atoms with Crippen LogP contribution in [-0.4, -0.2) is 27.5 Å². The Kier molecular flexibility index (Phi) is 4.04. The molecule has 18 heavy (non-hydrogen) atoms. The second-order valence-corrected chi connectivity index (χ2v) is 7.62. The molecule has 98 valence electrons. The molecule has 5 heteroatoms. The summed E-state index contributed by atoms with van der Waals surface area (Å²) in [6.07, 6.45) is 1.89. The first-order valence-electron chi connectivity index (χ1n) is 5.82. The van der Waals surface area contributed by atoms with Crippen molar-refractivity contribution in [3.05, 3.63) is 35.2 Å². The van der Waals surface area contributed by atoms with Gasteiger partial charge in [-0.15, -0.1) is 11.3 Å². The lowest BCUT2D eigenvalue weighted by molar-refractivity contribution is 0.562. The minimum Gasteiger partial charge on any atom is -0.313 e. The van der Waals surface area contributed by atoms with Crippen molar-refractivity contribution in [3.8, 4) is 0 Å². The summed E-state index contributed by atoms with van der Waals surface area (Å²) in [5, 5.41) is 6.55. The fourth-order valence-corrected chi connectivity index (χ4v) is 3.73. The lowest BCUT2D eigenvalue weighted by atomic mass is 10.0. The summed E-state index contributed by atoms with van der Waals surface area (Å²) in [6, 6.07) is 8.31. The standard InChI is InChI=1S/C13H17NO2S2/c1-14-12(7-8-18(2,15)16)11-9-17-13-6-4-3-5-10(11)13/h3-6,9,12,14H,7-8H2,1-2H3. The summed E-state index contributed by atoms with van der Waals surface area (Å²) in [5.74, 6) is 0.211. The van der Waals surface area contributed by atoms with Crippen LogP contribution in [0.15, 0.2) is 29.6 Å². The minimum absolute atomic E-state index is 0.0934. The Labute approximate surface area is 112 Å². The van der Waals surface area contributed by atoms with Gasteiger partial charge in [-0.25, -0.2) is 8.42 Å². The molecule has 1 heterocycles. The van der Waals surface area contributed by atoms with Gasteiger partial charge in [-0.2, -0.15) is 0 Å². The normalized spacial score (nSPS) is 13.9. The zero-order valence-electron chi connectivity index (χ0n) is 10.5. The molecule has 0 bridgehead atoms. The number of benzene rings is 1. The molecule has 0 radical (unpaired) electrons. The smallest absolute Gasteiger partial charge is 0.147 e. The van der Waals surface area contributed by atoms with E-state index in [0.29, 0.717) is 6.42 Å². The van der Waals surface area contributed by atoms with Gasteiger partial charge >= 0.3 is 0 Å². The highest BCUT2D eigenvalue weighted by molar-refractivity contribution is 7.90. The number of fused-ring (bicyclic) bond motifs is 1. The molecule has 0 fully saturated rings. The molecule has 2 aromatic rings. The van der Waals surface area contributed by atoms with E-state index in [9.17, 15) is 8.42 Å². The Morgan fingerprint density at radius 2 is 2.06 bits per heavy atom. The van der Waals surface area contributed by atoms with Crippen molar-refractivity contribution in [3.63, 3.8) is 0 Å².